The molecule has 1 heterocycles. The smallest absolute Gasteiger partial charge is 0.0889 e. The van der Waals surface area contributed by atoms with Gasteiger partial charge in [-0.1, -0.05) is 37.2 Å². The molecular formula is C18H26N2O. The van der Waals surface area contributed by atoms with Crippen LogP contribution in [0.1, 0.15) is 51.5 Å². The first-order valence-electron chi connectivity index (χ1n) is 8.26. The summed E-state index contributed by atoms with van der Waals surface area (Å²) in [5.74, 6) is 1.61. The minimum atomic E-state index is 0.628. The molecule has 3 rings (SSSR count). The van der Waals surface area contributed by atoms with Crippen molar-refractivity contribution in [1.29, 1.82) is 0 Å². The van der Waals surface area contributed by atoms with E-state index in [1.54, 1.807) is 0 Å². The summed E-state index contributed by atoms with van der Waals surface area (Å²) in [6.07, 6.45) is 5.85. The quantitative estimate of drug-likeness (QED) is 0.617. The highest BCUT2D eigenvalue weighted by molar-refractivity contribution is 6.05. The summed E-state index contributed by atoms with van der Waals surface area (Å²) in [7, 11) is 0. The van der Waals surface area contributed by atoms with Crippen LogP contribution in [0.2, 0.25) is 0 Å². The van der Waals surface area contributed by atoms with E-state index in [1.165, 1.54) is 24.9 Å². The molecule has 1 saturated carbocycles. The summed E-state index contributed by atoms with van der Waals surface area (Å²) >= 11 is 0. The van der Waals surface area contributed by atoms with Gasteiger partial charge in [0.25, 0.3) is 0 Å². The summed E-state index contributed by atoms with van der Waals surface area (Å²) in [4.78, 5) is 2.58. The second-order valence-corrected chi connectivity index (χ2v) is 6.93. The number of rotatable bonds is 1. The van der Waals surface area contributed by atoms with Crippen LogP contribution in [0.15, 0.2) is 29.4 Å². The van der Waals surface area contributed by atoms with Crippen LogP contribution < -0.4 is 4.90 Å². The number of anilines is 1. The zero-order chi connectivity index (χ0) is 14.8. The molecular weight excluding hydrogens is 260 g/mol. The first kappa shape index (κ1) is 14.4. The Morgan fingerprint density at radius 1 is 1.10 bits per heavy atom. The van der Waals surface area contributed by atoms with Gasteiger partial charge in [0.15, 0.2) is 0 Å². The summed E-state index contributed by atoms with van der Waals surface area (Å²) < 4.78 is 0. The molecule has 0 bridgehead atoms. The fraction of sp³-hybridized carbons (Fsp3) is 0.611. The third kappa shape index (κ3) is 2.92. The van der Waals surface area contributed by atoms with E-state index in [-0.39, 0.29) is 0 Å². The number of benzene rings is 1. The second kappa shape index (κ2) is 6.08. The van der Waals surface area contributed by atoms with Crippen molar-refractivity contribution in [2.45, 2.75) is 52.0 Å². The van der Waals surface area contributed by atoms with Crippen LogP contribution >= 0.6 is 0 Å². The largest absolute Gasteiger partial charge is 0.411 e. The molecule has 1 aliphatic heterocycles. The lowest BCUT2D eigenvalue weighted by atomic mass is 9.79. The molecule has 21 heavy (non-hydrogen) atoms. The van der Waals surface area contributed by atoms with Gasteiger partial charge in [-0.3, -0.25) is 0 Å². The first-order valence-corrected chi connectivity index (χ1v) is 8.26. The molecule has 2 aliphatic rings. The fourth-order valence-electron chi connectivity index (χ4n) is 4.28. The Labute approximate surface area is 127 Å². The second-order valence-electron chi connectivity index (χ2n) is 6.93. The molecule has 3 heteroatoms. The number of fused-ring (bicyclic) bond motifs is 1. The van der Waals surface area contributed by atoms with E-state index in [9.17, 15) is 5.21 Å². The van der Waals surface area contributed by atoms with Crippen molar-refractivity contribution in [3.05, 3.63) is 29.8 Å². The first-order chi connectivity index (χ1) is 10.2. The summed E-state index contributed by atoms with van der Waals surface area (Å²) in [5, 5.41) is 12.9. The number of hydrogen-bond acceptors (Lipinski definition) is 3. The van der Waals surface area contributed by atoms with Crippen molar-refractivity contribution >= 4 is 11.4 Å². The van der Waals surface area contributed by atoms with Gasteiger partial charge in [-0.15, -0.1) is 0 Å². The number of oxime groups is 1. The standard InChI is InChI=1S/C18H26N2O/c1-13-10-14(2)12-15(11-13)20-9-5-7-17(19-21)16-6-3-4-8-18(16)20/h3-4,6,8,13-15,21H,5,7,9-12H2,1-2H3/b19-17-. The van der Waals surface area contributed by atoms with Gasteiger partial charge in [-0.05, 0) is 50.0 Å². The zero-order valence-electron chi connectivity index (χ0n) is 13.1. The summed E-state index contributed by atoms with van der Waals surface area (Å²) in [6, 6.07) is 9.05. The van der Waals surface area contributed by atoms with Crippen LogP contribution in [0, 0.1) is 11.8 Å². The summed E-state index contributed by atoms with van der Waals surface area (Å²) in [5.41, 5.74) is 3.21. The lowest BCUT2D eigenvalue weighted by Crippen LogP contribution is -2.41. The average molecular weight is 286 g/mol. The molecule has 0 amide bonds. The van der Waals surface area contributed by atoms with Gasteiger partial charge in [-0.25, -0.2) is 0 Å². The molecule has 0 saturated heterocycles. The Morgan fingerprint density at radius 3 is 2.52 bits per heavy atom. The molecule has 1 aromatic rings. The highest BCUT2D eigenvalue weighted by Crippen LogP contribution is 2.36. The zero-order valence-corrected chi connectivity index (χ0v) is 13.1. The number of nitrogens with zero attached hydrogens (tertiary/aromatic N) is 2. The molecule has 1 aliphatic carbocycles. The molecule has 1 fully saturated rings. The molecule has 0 spiro atoms. The van der Waals surface area contributed by atoms with Gasteiger partial charge in [0.05, 0.1) is 5.71 Å². The van der Waals surface area contributed by atoms with Crippen LogP contribution in [0.5, 0.6) is 0 Å². The van der Waals surface area contributed by atoms with E-state index in [4.69, 9.17) is 0 Å². The van der Waals surface area contributed by atoms with E-state index < -0.39 is 0 Å². The van der Waals surface area contributed by atoms with Gasteiger partial charge in [0, 0.05) is 23.8 Å². The highest BCUT2D eigenvalue weighted by Gasteiger charge is 2.31. The Bertz CT molecular complexity index is 516. The lowest BCUT2D eigenvalue weighted by molar-refractivity contribution is 0.259. The predicted molar refractivity (Wildman–Crippen MR) is 87.3 cm³/mol. The molecule has 0 radical (unpaired) electrons. The van der Waals surface area contributed by atoms with Crippen molar-refractivity contribution in [3.63, 3.8) is 0 Å². The maximum atomic E-state index is 9.31. The summed E-state index contributed by atoms with van der Waals surface area (Å²) in [6.45, 7) is 5.83. The van der Waals surface area contributed by atoms with Gasteiger partial charge >= 0.3 is 0 Å². The maximum Gasteiger partial charge on any atom is 0.0889 e. The van der Waals surface area contributed by atoms with Gasteiger partial charge in [-0.2, -0.15) is 0 Å². The topological polar surface area (TPSA) is 35.8 Å². The highest BCUT2D eigenvalue weighted by atomic mass is 16.4. The van der Waals surface area contributed by atoms with Gasteiger partial charge < -0.3 is 10.1 Å². The van der Waals surface area contributed by atoms with E-state index in [0.29, 0.717) is 6.04 Å². The third-order valence-electron chi connectivity index (χ3n) is 5.05. The fourth-order valence-corrected chi connectivity index (χ4v) is 4.28. The molecule has 0 aromatic heterocycles. The van der Waals surface area contributed by atoms with Crippen molar-refractivity contribution in [2.24, 2.45) is 17.0 Å². The van der Waals surface area contributed by atoms with E-state index in [0.717, 1.165) is 42.5 Å². The molecule has 2 atom stereocenters. The Hall–Kier alpha value is -1.51. The molecule has 1 N–H and O–H groups in total. The molecule has 3 nitrogen and oxygen atoms in total. The third-order valence-corrected chi connectivity index (χ3v) is 5.05. The Morgan fingerprint density at radius 2 is 1.81 bits per heavy atom. The molecule has 1 aromatic carbocycles. The molecule has 114 valence electrons. The Kier molecular flexibility index (Phi) is 4.18. The van der Waals surface area contributed by atoms with Crippen LogP contribution in [0.25, 0.3) is 0 Å². The van der Waals surface area contributed by atoms with E-state index >= 15 is 0 Å². The van der Waals surface area contributed by atoms with Crippen LogP contribution in [0.4, 0.5) is 5.69 Å². The van der Waals surface area contributed by atoms with E-state index in [2.05, 4.69) is 42.1 Å². The Balaban J connectivity index is 1.95. The van der Waals surface area contributed by atoms with Crippen molar-refractivity contribution in [3.8, 4) is 0 Å². The monoisotopic (exact) mass is 286 g/mol. The van der Waals surface area contributed by atoms with Gasteiger partial charge in [0.1, 0.15) is 0 Å². The normalized spacial score (nSPS) is 31.8. The number of hydrogen-bond donors (Lipinski definition) is 1. The van der Waals surface area contributed by atoms with Crippen LogP contribution in [-0.4, -0.2) is 23.5 Å². The van der Waals surface area contributed by atoms with Crippen molar-refractivity contribution in [2.75, 3.05) is 11.4 Å². The molecule has 2 unspecified atom stereocenters. The lowest BCUT2D eigenvalue weighted by Gasteiger charge is -2.40. The van der Waals surface area contributed by atoms with Crippen LogP contribution in [-0.2, 0) is 0 Å². The average Bonchev–Trinajstić information content (AvgIpc) is 2.65. The minimum absolute atomic E-state index is 0.628. The predicted octanol–water partition coefficient (Wildman–Crippen LogP) is 4.29. The minimum Gasteiger partial charge on any atom is -0.411 e. The number of para-hydroxylation sites is 1. The van der Waals surface area contributed by atoms with Crippen molar-refractivity contribution < 1.29 is 5.21 Å². The SMILES string of the molecule is CC1CC(C)CC(N2CCC/C(=N/O)c3ccccc32)C1. The van der Waals surface area contributed by atoms with Crippen molar-refractivity contribution in [1.82, 2.24) is 0 Å². The van der Waals surface area contributed by atoms with Gasteiger partial charge in [0.2, 0.25) is 0 Å². The van der Waals surface area contributed by atoms with Crippen LogP contribution in [0.3, 0.4) is 0 Å². The maximum absolute atomic E-state index is 9.31. The van der Waals surface area contributed by atoms with E-state index in [1.807, 2.05) is 6.07 Å².